The van der Waals surface area contributed by atoms with Crippen molar-refractivity contribution in [2.45, 2.75) is 19.4 Å². The first-order valence-corrected chi connectivity index (χ1v) is 6.49. The number of rotatable bonds is 6. The molecule has 1 amide bonds. The molecule has 1 unspecified atom stereocenters. The van der Waals surface area contributed by atoms with E-state index in [9.17, 15) is 4.79 Å². The molecule has 0 aliphatic rings. The van der Waals surface area contributed by atoms with Crippen LogP contribution in [0.4, 0.5) is 5.82 Å². The molecular formula is C14H24N4O. The molecule has 0 aromatic carbocycles. The molecule has 0 aliphatic heterocycles. The molecule has 1 aromatic heterocycles. The van der Waals surface area contributed by atoms with Crippen LogP contribution >= 0.6 is 0 Å². The van der Waals surface area contributed by atoms with Crippen LogP contribution in [0.15, 0.2) is 18.3 Å². The van der Waals surface area contributed by atoms with Crippen LogP contribution in [0.1, 0.15) is 23.7 Å². The van der Waals surface area contributed by atoms with E-state index in [-0.39, 0.29) is 5.91 Å². The van der Waals surface area contributed by atoms with Gasteiger partial charge in [0, 0.05) is 26.3 Å². The van der Waals surface area contributed by atoms with Crippen LogP contribution in [0.5, 0.6) is 0 Å². The van der Waals surface area contributed by atoms with Gasteiger partial charge in [-0.1, -0.05) is 0 Å². The fourth-order valence-corrected chi connectivity index (χ4v) is 1.64. The van der Waals surface area contributed by atoms with Crippen molar-refractivity contribution in [3.05, 3.63) is 23.9 Å². The standard InChI is InChI=1S/C14H24N4O/c1-11(8-9-17(2)3)16-13-7-6-12(10-15-13)14(19)18(4)5/h6-7,10-11H,8-9H2,1-5H3,(H,15,16). The van der Waals surface area contributed by atoms with Gasteiger partial charge in [0.05, 0.1) is 5.56 Å². The van der Waals surface area contributed by atoms with Crippen molar-refractivity contribution in [3.63, 3.8) is 0 Å². The molecule has 0 aliphatic carbocycles. The Kier molecular flexibility index (Phi) is 5.76. The lowest BCUT2D eigenvalue weighted by molar-refractivity contribution is 0.0827. The summed E-state index contributed by atoms with van der Waals surface area (Å²) in [4.78, 5) is 19.7. The third kappa shape index (κ3) is 5.26. The molecule has 1 heterocycles. The van der Waals surface area contributed by atoms with Gasteiger partial charge in [-0.25, -0.2) is 4.98 Å². The van der Waals surface area contributed by atoms with Crippen LogP contribution in [-0.4, -0.2) is 61.5 Å². The van der Waals surface area contributed by atoms with E-state index in [1.54, 1.807) is 31.3 Å². The Balaban J connectivity index is 2.55. The molecule has 1 rings (SSSR count). The second-order valence-corrected chi connectivity index (χ2v) is 5.27. The van der Waals surface area contributed by atoms with E-state index in [0.717, 1.165) is 18.8 Å². The number of carbonyl (C=O) groups excluding carboxylic acids is 1. The second kappa shape index (κ2) is 7.09. The van der Waals surface area contributed by atoms with Crippen LogP contribution in [0, 0.1) is 0 Å². The lowest BCUT2D eigenvalue weighted by Gasteiger charge is -2.17. The SMILES string of the molecule is CC(CCN(C)C)Nc1ccc(C(=O)N(C)C)cn1. The molecule has 0 bridgehead atoms. The van der Waals surface area contributed by atoms with Crippen molar-refractivity contribution in [2.75, 3.05) is 40.1 Å². The third-order valence-electron chi connectivity index (χ3n) is 2.82. The van der Waals surface area contributed by atoms with Crippen LogP contribution < -0.4 is 5.32 Å². The van der Waals surface area contributed by atoms with Gasteiger partial charge >= 0.3 is 0 Å². The quantitative estimate of drug-likeness (QED) is 0.846. The summed E-state index contributed by atoms with van der Waals surface area (Å²) in [5.41, 5.74) is 0.608. The zero-order chi connectivity index (χ0) is 14.4. The lowest BCUT2D eigenvalue weighted by Crippen LogP contribution is -2.24. The predicted octanol–water partition coefficient (Wildman–Crippen LogP) is 1.54. The summed E-state index contributed by atoms with van der Waals surface area (Å²) in [6.07, 6.45) is 2.66. The maximum atomic E-state index is 11.7. The first kappa shape index (κ1) is 15.4. The first-order valence-electron chi connectivity index (χ1n) is 6.49. The average molecular weight is 264 g/mol. The van der Waals surface area contributed by atoms with Crippen LogP contribution in [-0.2, 0) is 0 Å². The fourth-order valence-electron chi connectivity index (χ4n) is 1.64. The molecule has 0 fully saturated rings. The molecule has 0 spiro atoms. The van der Waals surface area contributed by atoms with Crippen molar-refractivity contribution in [2.24, 2.45) is 0 Å². The number of anilines is 1. The Hall–Kier alpha value is -1.62. The second-order valence-electron chi connectivity index (χ2n) is 5.27. The topological polar surface area (TPSA) is 48.5 Å². The smallest absolute Gasteiger partial charge is 0.254 e. The lowest BCUT2D eigenvalue weighted by atomic mass is 10.2. The van der Waals surface area contributed by atoms with E-state index in [1.807, 2.05) is 6.07 Å². The number of hydrogen-bond donors (Lipinski definition) is 1. The highest BCUT2D eigenvalue weighted by Gasteiger charge is 2.09. The van der Waals surface area contributed by atoms with Gasteiger partial charge in [-0.15, -0.1) is 0 Å². The highest BCUT2D eigenvalue weighted by molar-refractivity contribution is 5.93. The van der Waals surface area contributed by atoms with Crippen molar-refractivity contribution in [1.29, 1.82) is 0 Å². The van der Waals surface area contributed by atoms with Gasteiger partial charge in [0.15, 0.2) is 0 Å². The molecule has 1 N–H and O–H groups in total. The highest BCUT2D eigenvalue weighted by Crippen LogP contribution is 2.09. The molecule has 0 saturated carbocycles. The summed E-state index contributed by atoms with van der Waals surface area (Å²) >= 11 is 0. The number of nitrogens with one attached hydrogen (secondary N) is 1. The number of hydrogen-bond acceptors (Lipinski definition) is 4. The Morgan fingerprint density at radius 2 is 2.00 bits per heavy atom. The average Bonchev–Trinajstić information content (AvgIpc) is 2.36. The summed E-state index contributed by atoms with van der Waals surface area (Å²) in [7, 11) is 7.59. The van der Waals surface area contributed by atoms with Gasteiger partial charge in [0.25, 0.3) is 5.91 Å². The zero-order valence-electron chi connectivity index (χ0n) is 12.5. The van der Waals surface area contributed by atoms with E-state index >= 15 is 0 Å². The molecule has 19 heavy (non-hydrogen) atoms. The highest BCUT2D eigenvalue weighted by atomic mass is 16.2. The summed E-state index contributed by atoms with van der Waals surface area (Å²) in [6.45, 7) is 3.16. The van der Waals surface area contributed by atoms with Crippen LogP contribution in [0.25, 0.3) is 0 Å². The summed E-state index contributed by atoms with van der Waals surface area (Å²) < 4.78 is 0. The monoisotopic (exact) mass is 264 g/mol. The van der Waals surface area contributed by atoms with E-state index in [2.05, 4.69) is 36.2 Å². The van der Waals surface area contributed by atoms with Gasteiger partial charge in [0.2, 0.25) is 0 Å². The molecular weight excluding hydrogens is 240 g/mol. The Morgan fingerprint density at radius 3 is 2.47 bits per heavy atom. The van der Waals surface area contributed by atoms with E-state index in [4.69, 9.17) is 0 Å². The van der Waals surface area contributed by atoms with E-state index in [1.165, 1.54) is 0 Å². The molecule has 5 nitrogen and oxygen atoms in total. The van der Waals surface area contributed by atoms with Gasteiger partial charge in [-0.2, -0.15) is 0 Å². The molecule has 1 aromatic rings. The first-order chi connectivity index (χ1) is 8.90. The maximum Gasteiger partial charge on any atom is 0.254 e. The minimum atomic E-state index is -0.0280. The summed E-state index contributed by atoms with van der Waals surface area (Å²) in [5, 5.41) is 3.33. The number of carbonyl (C=O) groups is 1. The molecule has 0 radical (unpaired) electrons. The Labute approximate surface area is 115 Å². The van der Waals surface area contributed by atoms with Gasteiger partial charge in [0.1, 0.15) is 5.82 Å². The minimum absolute atomic E-state index is 0.0280. The van der Waals surface area contributed by atoms with Crippen molar-refractivity contribution in [3.8, 4) is 0 Å². The Bertz CT molecular complexity index is 400. The van der Waals surface area contributed by atoms with Gasteiger partial charge < -0.3 is 15.1 Å². The van der Waals surface area contributed by atoms with E-state index in [0.29, 0.717) is 11.6 Å². The molecule has 0 saturated heterocycles. The largest absolute Gasteiger partial charge is 0.368 e. The normalized spacial score (nSPS) is 12.3. The Morgan fingerprint density at radius 1 is 1.32 bits per heavy atom. The molecule has 5 heteroatoms. The van der Waals surface area contributed by atoms with Crippen LogP contribution in [0.2, 0.25) is 0 Å². The number of aromatic nitrogens is 1. The number of pyridine rings is 1. The van der Waals surface area contributed by atoms with Gasteiger partial charge in [-0.05, 0) is 46.1 Å². The predicted molar refractivity (Wildman–Crippen MR) is 78.5 cm³/mol. The minimum Gasteiger partial charge on any atom is -0.368 e. The van der Waals surface area contributed by atoms with Crippen molar-refractivity contribution < 1.29 is 4.79 Å². The maximum absolute atomic E-state index is 11.7. The summed E-state index contributed by atoms with van der Waals surface area (Å²) in [6, 6.07) is 4.00. The van der Waals surface area contributed by atoms with Crippen LogP contribution in [0.3, 0.4) is 0 Å². The zero-order valence-corrected chi connectivity index (χ0v) is 12.5. The molecule has 106 valence electrons. The third-order valence-corrected chi connectivity index (χ3v) is 2.82. The molecule has 1 atom stereocenters. The van der Waals surface area contributed by atoms with Crippen molar-refractivity contribution in [1.82, 2.24) is 14.8 Å². The fraction of sp³-hybridized carbons (Fsp3) is 0.571. The van der Waals surface area contributed by atoms with Gasteiger partial charge in [-0.3, -0.25) is 4.79 Å². The summed E-state index contributed by atoms with van der Waals surface area (Å²) in [5.74, 6) is 0.779. The number of amides is 1. The van der Waals surface area contributed by atoms with E-state index < -0.39 is 0 Å². The van der Waals surface area contributed by atoms with Crippen molar-refractivity contribution >= 4 is 11.7 Å². The number of nitrogens with zero attached hydrogens (tertiary/aromatic N) is 3.